The van der Waals surface area contributed by atoms with Crippen LogP contribution in [-0.4, -0.2) is 35.3 Å². The first-order chi connectivity index (χ1) is 7.24. The zero-order valence-corrected chi connectivity index (χ0v) is 10.6. The van der Waals surface area contributed by atoms with Gasteiger partial charge in [-0.3, -0.25) is 0 Å². The lowest BCUT2D eigenvalue weighted by atomic mass is 9.94. The summed E-state index contributed by atoms with van der Waals surface area (Å²) in [5.74, 6) is 1.93. The van der Waals surface area contributed by atoms with Crippen LogP contribution in [-0.2, 0) is 0 Å². The van der Waals surface area contributed by atoms with E-state index in [1.165, 1.54) is 25.7 Å². The molecule has 2 bridgehead atoms. The first-order valence-electron chi connectivity index (χ1n) is 6.14. The second-order valence-corrected chi connectivity index (χ2v) is 6.27. The molecular formula is C12H23NOS. The van der Waals surface area contributed by atoms with Gasteiger partial charge in [-0.15, -0.1) is 0 Å². The summed E-state index contributed by atoms with van der Waals surface area (Å²) in [6, 6.07) is 1.18. The molecule has 0 aliphatic heterocycles. The highest BCUT2D eigenvalue weighted by Crippen LogP contribution is 2.44. The van der Waals surface area contributed by atoms with Gasteiger partial charge in [-0.25, -0.2) is 0 Å². The molecule has 2 saturated carbocycles. The molecule has 2 aliphatic rings. The molecule has 5 unspecified atom stereocenters. The van der Waals surface area contributed by atoms with E-state index in [9.17, 15) is 5.11 Å². The fourth-order valence-electron chi connectivity index (χ4n) is 3.33. The summed E-state index contributed by atoms with van der Waals surface area (Å²) in [5.41, 5.74) is 0. The van der Waals surface area contributed by atoms with Crippen LogP contribution in [0.2, 0.25) is 0 Å². The molecule has 0 aromatic heterocycles. The van der Waals surface area contributed by atoms with Gasteiger partial charge in [-0.2, -0.15) is 11.8 Å². The minimum absolute atomic E-state index is 0.288. The summed E-state index contributed by atoms with van der Waals surface area (Å²) in [6.45, 7) is 2.50. The van der Waals surface area contributed by atoms with Gasteiger partial charge >= 0.3 is 0 Å². The Balaban J connectivity index is 1.81. The van der Waals surface area contributed by atoms with Gasteiger partial charge in [0.05, 0.1) is 6.61 Å². The lowest BCUT2D eigenvalue weighted by molar-refractivity contribution is 0.256. The van der Waals surface area contributed by atoms with Crippen LogP contribution in [0, 0.1) is 11.8 Å². The summed E-state index contributed by atoms with van der Waals surface area (Å²) in [4.78, 5) is 0. The van der Waals surface area contributed by atoms with Crippen LogP contribution in [0.25, 0.3) is 0 Å². The van der Waals surface area contributed by atoms with Crippen molar-refractivity contribution in [1.29, 1.82) is 0 Å². The van der Waals surface area contributed by atoms with E-state index < -0.39 is 0 Å². The predicted octanol–water partition coefficient (Wildman–Crippen LogP) is 1.88. The molecule has 0 spiro atoms. The molecule has 3 heteroatoms. The summed E-state index contributed by atoms with van der Waals surface area (Å²) < 4.78 is 0. The molecule has 2 fully saturated rings. The number of aliphatic hydroxyl groups excluding tert-OH is 1. The minimum atomic E-state index is 0.288. The quantitative estimate of drug-likeness (QED) is 0.755. The van der Waals surface area contributed by atoms with E-state index in [1.807, 2.05) is 0 Å². The summed E-state index contributed by atoms with van der Waals surface area (Å²) >= 11 is 1.77. The third kappa shape index (κ3) is 2.51. The Morgan fingerprint density at radius 3 is 2.67 bits per heavy atom. The van der Waals surface area contributed by atoms with Crippen LogP contribution in [0.3, 0.4) is 0 Å². The lowest BCUT2D eigenvalue weighted by Gasteiger charge is -2.30. The van der Waals surface area contributed by atoms with Crippen molar-refractivity contribution < 1.29 is 5.11 Å². The zero-order chi connectivity index (χ0) is 10.8. The molecule has 88 valence electrons. The summed E-state index contributed by atoms with van der Waals surface area (Å²) in [5, 5.41) is 13.3. The van der Waals surface area contributed by atoms with Crippen molar-refractivity contribution in [3.63, 3.8) is 0 Å². The fourth-order valence-corrected chi connectivity index (χ4v) is 3.97. The highest BCUT2D eigenvalue weighted by Gasteiger charge is 2.40. The van der Waals surface area contributed by atoms with E-state index in [2.05, 4.69) is 18.5 Å². The summed E-state index contributed by atoms with van der Waals surface area (Å²) in [6.07, 6.45) is 7.80. The first-order valence-corrected chi connectivity index (χ1v) is 7.43. The van der Waals surface area contributed by atoms with Gasteiger partial charge in [0.1, 0.15) is 0 Å². The van der Waals surface area contributed by atoms with E-state index in [4.69, 9.17) is 0 Å². The van der Waals surface area contributed by atoms with Crippen molar-refractivity contribution in [2.75, 3.05) is 12.9 Å². The van der Waals surface area contributed by atoms with E-state index >= 15 is 0 Å². The van der Waals surface area contributed by atoms with Gasteiger partial charge in [0, 0.05) is 17.3 Å². The zero-order valence-electron chi connectivity index (χ0n) is 9.78. The average molecular weight is 229 g/mol. The number of hydrogen-bond acceptors (Lipinski definition) is 3. The molecule has 15 heavy (non-hydrogen) atoms. The van der Waals surface area contributed by atoms with Crippen molar-refractivity contribution in [2.45, 2.75) is 49.9 Å². The number of fused-ring (bicyclic) bond motifs is 2. The molecule has 0 aromatic rings. The maximum Gasteiger partial charge on any atom is 0.0564 e. The second kappa shape index (κ2) is 5.07. The molecule has 2 aliphatic carbocycles. The van der Waals surface area contributed by atoms with Crippen LogP contribution in [0.1, 0.15) is 32.6 Å². The number of rotatable bonds is 5. The van der Waals surface area contributed by atoms with Crippen LogP contribution in [0.5, 0.6) is 0 Å². The van der Waals surface area contributed by atoms with Gasteiger partial charge < -0.3 is 10.4 Å². The van der Waals surface area contributed by atoms with Gasteiger partial charge in [-0.1, -0.05) is 6.42 Å². The Morgan fingerprint density at radius 1 is 1.40 bits per heavy atom. The maximum absolute atomic E-state index is 9.24. The SMILES string of the molecule is CSC(CO)C(C)NC1CC2CCC1C2. The highest BCUT2D eigenvalue weighted by atomic mass is 32.2. The van der Waals surface area contributed by atoms with E-state index in [0.29, 0.717) is 11.3 Å². The number of hydrogen-bond donors (Lipinski definition) is 2. The Hall–Kier alpha value is 0.270. The molecule has 5 atom stereocenters. The molecule has 0 saturated heterocycles. The fraction of sp³-hybridized carbons (Fsp3) is 1.00. The van der Waals surface area contributed by atoms with Crippen molar-refractivity contribution >= 4 is 11.8 Å². The van der Waals surface area contributed by atoms with Crippen LogP contribution < -0.4 is 5.32 Å². The average Bonchev–Trinajstić information content (AvgIpc) is 2.81. The third-order valence-electron chi connectivity index (χ3n) is 4.26. The van der Waals surface area contributed by atoms with Crippen molar-refractivity contribution in [3.8, 4) is 0 Å². The smallest absolute Gasteiger partial charge is 0.0564 e. The van der Waals surface area contributed by atoms with Crippen LogP contribution in [0.4, 0.5) is 0 Å². The van der Waals surface area contributed by atoms with Gasteiger partial charge in [0.2, 0.25) is 0 Å². The minimum Gasteiger partial charge on any atom is -0.395 e. The molecule has 0 aromatic carbocycles. The van der Waals surface area contributed by atoms with Crippen LogP contribution >= 0.6 is 11.8 Å². The molecule has 2 nitrogen and oxygen atoms in total. The molecule has 2 N–H and O–H groups in total. The molecule has 2 rings (SSSR count). The van der Waals surface area contributed by atoms with Gasteiger partial charge in [0.15, 0.2) is 0 Å². The first kappa shape index (κ1) is 11.7. The lowest BCUT2D eigenvalue weighted by Crippen LogP contribution is -2.45. The summed E-state index contributed by atoms with van der Waals surface area (Å²) in [7, 11) is 0. The van der Waals surface area contributed by atoms with Gasteiger partial charge in [-0.05, 0) is 44.3 Å². The Morgan fingerprint density at radius 2 is 2.20 bits per heavy atom. The second-order valence-electron chi connectivity index (χ2n) is 5.19. The number of nitrogens with one attached hydrogen (secondary N) is 1. The predicted molar refractivity (Wildman–Crippen MR) is 66.2 cm³/mol. The van der Waals surface area contributed by atoms with Crippen molar-refractivity contribution in [2.24, 2.45) is 11.8 Å². The third-order valence-corrected chi connectivity index (χ3v) is 5.42. The Bertz CT molecular complexity index is 208. The molecule has 0 amide bonds. The topological polar surface area (TPSA) is 32.3 Å². The van der Waals surface area contributed by atoms with Crippen molar-refractivity contribution in [1.82, 2.24) is 5.32 Å². The maximum atomic E-state index is 9.24. The Kier molecular flexibility index (Phi) is 3.97. The molecule has 0 radical (unpaired) electrons. The molecule has 0 heterocycles. The van der Waals surface area contributed by atoms with E-state index in [0.717, 1.165) is 17.9 Å². The Labute approximate surface area is 97.2 Å². The number of thioether (sulfide) groups is 1. The van der Waals surface area contributed by atoms with E-state index in [1.54, 1.807) is 11.8 Å². The van der Waals surface area contributed by atoms with Gasteiger partial charge in [0.25, 0.3) is 0 Å². The monoisotopic (exact) mass is 229 g/mol. The van der Waals surface area contributed by atoms with E-state index in [-0.39, 0.29) is 6.61 Å². The normalized spacial score (nSPS) is 38.2. The highest BCUT2D eigenvalue weighted by molar-refractivity contribution is 7.99. The standard InChI is InChI=1S/C12H23NOS/c1-8(12(7-14)15-2)13-11-6-9-3-4-10(11)5-9/h8-14H,3-7H2,1-2H3. The van der Waals surface area contributed by atoms with Crippen LogP contribution in [0.15, 0.2) is 0 Å². The molecular weight excluding hydrogens is 206 g/mol. The largest absolute Gasteiger partial charge is 0.395 e. The number of aliphatic hydroxyl groups is 1. The van der Waals surface area contributed by atoms with Crippen molar-refractivity contribution in [3.05, 3.63) is 0 Å².